The monoisotopic (exact) mass is 229 g/mol. The van der Waals surface area contributed by atoms with Gasteiger partial charge in [0.15, 0.2) is 0 Å². The maximum Gasteiger partial charge on any atom is 0.212 e. The van der Waals surface area contributed by atoms with E-state index in [0.717, 1.165) is 5.56 Å². The second-order valence-corrected chi connectivity index (χ2v) is 5.22. The molecule has 0 spiro atoms. The highest BCUT2D eigenvalue weighted by Gasteiger charge is 2.30. The summed E-state index contributed by atoms with van der Waals surface area (Å²) in [5, 5.41) is 5.03. The number of hydrogen-bond acceptors (Lipinski definition) is 3. The average molecular weight is 229 g/mol. The topological polar surface area (TPSA) is 69.4 Å². The van der Waals surface area contributed by atoms with Crippen LogP contribution in [0.25, 0.3) is 0 Å². The van der Waals surface area contributed by atoms with Crippen LogP contribution in [0.2, 0.25) is 0 Å². The van der Waals surface area contributed by atoms with Crippen LogP contribution in [0.15, 0.2) is 30.3 Å². The van der Waals surface area contributed by atoms with Gasteiger partial charge in [0.2, 0.25) is 10.0 Å². The fraction of sp³-hybridized carbons (Fsp3) is 0.400. The van der Waals surface area contributed by atoms with Crippen molar-refractivity contribution in [1.29, 1.82) is 0 Å². The summed E-state index contributed by atoms with van der Waals surface area (Å²) < 4.78 is 27.4. The number of ether oxygens (including phenoxy) is 1. The molecule has 0 aliphatic rings. The third-order valence-electron chi connectivity index (χ3n) is 2.31. The molecule has 15 heavy (non-hydrogen) atoms. The van der Waals surface area contributed by atoms with Gasteiger partial charge in [-0.3, -0.25) is 0 Å². The van der Waals surface area contributed by atoms with Crippen LogP contribution in [0, 0.1) is 0 Å². The van der Waals surface area contributed by atoms with E-state index in [4.69, 9.17) is 9.88 Å². The molecular formula is C10H15NO3S. The second kappa shape index (κ2) is 4.30. The Balaban J connectivity index is 3.06. The van der Waals surface area contributed by atoms with Crippen molar-refractivity contribution in [2.24, 2.45) is 5.14 Å². The quantitative estimate of drug-likeness (QED) is 0.831. The minimum atomic E-state index is -3.57. The first kappa shape index (κ1) is 12.2. The first-order valence-corrected chi connectivity index (χ1v) is 6.20. The number of primary sulfonamides is 1. The van der Waals surface area contributed by atoms with Gasteiger partial charge in [-0.25, -0.2) is 13.6 Å². The molecule has 0 radical (unpaired) electrons. The summed E-state index contributed by atoms with van der Waals surface area (Å²) in [4.78, 5) is 0. The van der Waals surface area contributed by atoms with Gasteiger partial charge < -0.3 is 4.74 Å². The maximum absolute atomic E-state index is 11.1. The first-order valence-electron chi connectivity index (χ1n) is 4.48. The standard InChI is InChI=1S/C10H15NO3S/c1-10(14-2,8-15(11,12)13)9-6-4-3-5-7-9/h3-7H,8H2,1-2H3,(H2,11,12,13). The van der Waals surface area contributed by atoms with Gasteiger partial charge in [0.25, 0.3) is 0 Å². The van der Waals surface area contributed by atoms with E-state index < -0.39 is 15.6 Å². The van der Waals surface area contributed by atoms with E-state index in [-0.39, 0.29) is 5.75 Å². The molecule has 1 rings (SSSR count). The van der Waals surface area contributed by atoms with E-state index in [0.29, 0.717) is 0 Å². The summed E-state index contributed by atoms with van der Waals surface area (Å²) in [6.07, 6.45) is 0. The Morgan fingerprint density at radius 1 is 1.33 bits per heavy atom. The Labute approximate surface area is 90.1 Å². The molecule has 1 aromatic carbocycles. The maximum atomic E-state index is 11.1. The Morgan fingerprint density at radius 2 is 1.87 bits per heavy atom. The van der Waals surface area contributed by atoms with Crippen LogP contribution >= 0.6 is 0 Å². The Bertz CT molecular complexity index is 416. The Hall–Kier alpha value is -0.910. The average Bonchev–Trinajstić information content (AvgIpc) is 2.16. The van der Waals surface area contributed by atoms with Gasteiger partial charge in [-0.1, -0.05) is 30.3 Å². The molecule has 0 fully saturated rings. The van der Waals surface area contributed by atoms with E-state index in [1.807, 2.05) is 30.3 Å². The highest BCUT2D eigenvalue weighted by Crippen LogP contribution is 2.25. The minimum Gasteiger partial charge on any atom is -0.373 e. The molecule has 1 atom stereocenters. The highest BCUT2D eigenvalue weighted by atomic mass is 32.2. The molecule has 2 N–H and O–H groups in total. The van der Waals surface area contributed by atoms with Gasteiger partial charge in [-0.05, 0) is 12.5 Å². The zero-order valence-electron chi connectivity index (χ0n) is 8.80. The van der Waals surface area contributed by atoms with Crippen molar-refractivity contribution in [3.05, 3.63) is 35.9 Å². The lowest BCUT2D eigenvalue weighted by Gasteiger charge is -2.27. The summed E-state index contributed by atoms with van der Waals surface area (Å²) in [7, 11) is -2.10. The van der Waals surface area contributed by atoms with Gasteiger partial charge in [0.1, 0.15) is 5.60 Å². The van der Waals surface area contributed by atoms with Gasteiger partial charge in [0, 0.05) is 7.11 Å². The molecule has 0 saturated carbocycles. The molecule has 0 bridgehead atoms. The Morgan fingerprint density at radius 3 is 2.27 bits per heavy atom. The van der Waals surface area contributed by atoms with Crippen molar-refractivity contribution >= 4 is 10.0 Å². The van der Waals surface area contributed by atoms with Crippen LogP contribution < -0.4 is 5.14 Å². The molecule has 0 aliphatic carbocycles. The number of rotatable bonds is 4. The number of methoxy groups -OCH3 is 1. The van der Waals surface area contributed by atoms with Crippen molar-refractivity contribution in [2.75, 3.05) is 12.9 Å². The third kappa shape index (κ3) is 3.30. The number of sulfonamides is 1. The fourth-order valence-corrected chi connectivity index (χ4v) is 2.49. The first-order chi connectivity index (χ1) is 6.87. The summed E-state index contributed by atoms with van der Waals surface area (Å²) >= 11 is 0. The van der Waals surface area contributed by atoms with E-state index in [9.17, 15) is 8.42 Å². The minimum absolute atomic E-state index is 0.236. The number of nitrogens with two attached hydrogens (primary N) is 1. The predicted octanol–water partition coefficient (Wildman–Crippen LogP) is 0.837. The molecule has 0 amide bonds. The zero-order chi connectivity index (χ0) is 11.5. The molecule has 1 unspecified atom stereocenters. The van der Waals surface area contributed by atoms with Crippen LogP contribution in [0.4, 0.5) is 0 Å². The number of benzene rings is 1. The van der Waals surface area contributed by atoms with Crippen LogP contribution in [0.5, 0.6) is 0 Å². The van der Waals surface area contributed by atoms with Crippen LogP contribution in [0.3, 0.4) is 0 Å². The van der Waals surface area contributed by atoms with Crippen LogP contribution in [-0.2, 0) is 20.4 Å². The molecular weight excluding hydrogens is 214 g/mol. The van der Waals surface area contributed by atoms with Crippen LogP contribution in [0.1, 0.15) is 12.5 Å². The van der Waals surface area contributed by atoms with E-state index >= 15 is 0 Å². The summed E-state index contributed by atoms with van der Waals surface area (Å²) in [5.74, 6) is -0.236. The van der Waals surface area contributed by atoms with Crippen molar-refractivity contribution in [2.45, 2.75) is 12.5 Å². The molecule has 0 heterocycles. The lowest BCUT2D eigenvalue weighted by atomic mass is 9.98. The van der Waals surface area contributed by atoms with Gasteiger partial charge in [-0.15, -0.1) is 0 Å². The van der Waals surface area contributed by atoms with Gasteiger partial charge in [0.05, 0.1) is 5.75 Å². The molecule has 0 aromatic heterocycles. The van der Waals surface area contributed by atoms with Gasteiger partial charge >= 0.3 is 0 Å². The lowest BCUT2D eigenvalue weighted by molar-refractivity contribution is 0.0222. The van der Waals surface area contributed by atoms with Crippen molar-refractivity contribution in [3.8, 4) is 0 Å². The molecule has 1 aromatic rings. The largest absolute Gasteiger partial charge is 0.373 e. The van der Waals surface area contributed by atoms with Crippen molar-refractivity contribution in [3.63, 3.8) is 0 Å². The molecule has 84 valence electrons. The van der Waals surface area contributed by atoms with E-state index in [1.165, 1.54) is 7.11 Å². The Kier molecular flexibility index (Phi) is 3.49. The van der Waals surface area contributed by atoms with E-state index in [2.05, 4.69) is 0 Å². The predicted molar refractivity (Wildman–Crippen MR) is 58.8 cm³/mol. The fourth-order valence-electron chi connectivity index (χ4n) is 1.43. The summed E-state index contributed by atoms with van der Waals surface area (Å²) in [5.41, 5.74) is -0.101. The van der Waals surface area contributed by atoms with Crippen LogP contribution in [-0.4, -0.2) is 21.3 Å². The van der Waals surface area contributed by atoms with Gasteiger partial charge in [-0.2, -0.15) is 0 Å². The summed E-state index contributed by atoms with van der Waals surface area (Å²) in [6, 6.07) is 9.14. The smallest absolute Gasteiger partial charge is 0.212 e. The normalized spacial score (nSPS) is 15.9. The SMILES string of the molecule is COC(C)(CS(N)(=O)=O)c1ccccc1. The number of hydrogen-bond donors (Lipinski definition) is 1. The molecule has 0 aliphatic heterocycles. The highest BCUT2D eigenvalue weighted by molar-refractivity contribution is 7.89. The second-order valence-electron chi connectivity index (χ2n) is 3.61. The lowest BCUT2D eigenvalue weighted by Crippen LogP contribution is -2.36. The van der Waals surface area contributed by atoms with E-state index in [1.54, 1.807) is 6.92 Å². The third-order valence-corrected chi connectivity index (χ3v) is 3.26. The molecule has 0 saturated heterocycles. The summed E-state index contributed by atoms with van der Waals surface area (Å²) in [6.45, 7) is 1.70. The zero-order valence-corrected chi connectivity index (χ0v) is 9.62. The van der Waals surface area contributed by atoms with Crippen molar-refractivity contribution < 1.29 is 13.2 Å². The van der Waals surface area contributed by atoms with Crippen molar-refractivity contribution in [1.82, 2.24) is 0 Å². The molecule has 4 nitrogen and oxygen atoms in total. The molecule has 5 heteroatoms.